The molecule has 2 saturated carbocycles. The molecule has 3 atom stereocenters. The Morgan fingerprint density at radius 3 is 2.70 bits per heavy atom. The fraction of sp³-hybridized carbons (Fsp3) is 0.562. The number of benzene rings is 1. The third kappa shape index (κ3) is 2.03. The lowest BCUT2D eigenvalue weighted by molar-refractivity contribution is -0.121. The van der Waals surface area contributed by atoms with Gasteiger partial charge in [0.25, 0.3) is 0 Å². The molecule has 3 aliphatic rings. The summed E-state index contributed by atoms with van der Waals surface area (Å²) in [6.45, 7) is 1.15. The zero-order valence-corrected chi connectivity index (χ0v) is 11.4. The van der Waals surface area contributed by atoms with E-state index in [1.54, 1.807) is 0 Å². The fourth-order valence-electron chi connectivity index (χ4n) is 3.92. The summed E-state index contributed by atoms with van der Waals surface area (Å²) in [7, 11) is 0. The van der Waals surface area contributed by atoms with Gasteiger partial charge in [-0.15, -0.1) is 0 Å². The third-order valence-electron chi connectivity index (χ3n) is 4.88. The monoisotopic (exact) mass is 273 g/mol. The maximum Gasteiger partial charge on any atom is 0.227 e. The molecule has 1 amide bonds. The van der Waals surface area contributed by atoms with Crippen molar-refractivity contribution in [3.8, 4) is 11.5 Å². The molecule has 0 radical (unpaired) electrons. The summed E-state index contributed by atoms with van der Waals surface area (Å²) in [6.07, 6.45) is 4.86. The van der Waals surface area contributed by atoms with Crippen molar-refractivity contribution in [2.24, 2.45) is 17.8 Å². The lowest BCUT2D eigenvalue weighted by Gasteiger charge is -2.22. The Kier molecular flexibility index (Phi) is 2.83. The Morgan fingerprint density at radius 1 is 1.10 bits per heavy atom. The van der Waals surface area contributed by atoms with Gasteiger partial charge in [0.1, 0.15) is 13.2 Å². The molecule has 0 spiro atoms. The van der Waals surface area contributed by atoms with E-state index in [1.807, 2.05) is 18.2 Å². The molecule has 0 saturated heterocycles. The standard InChI is InChI=1S/C16H19NO3/c18-16(13-8-10-1-2-11(13)7-10)17-12-3-4-14-15(9-12)20-6-5-19-14/h3-4,9-11,13H,1-2,5-8H2,(H,17,18)/t10-,11-,13-/m0/s1. The Balaban J connectivity index is 1.47. The zero-order chi connectivity index (χ0) is 13.5. The van der Waals surface area contributed by atoms with Gasteiger partial charge in [-0.3, -0.25) is 4.79 Å². The molecule has 106 valence electrons. The molecule has 1 aromatic carbocycles. The number of hydrogen-bond acceptors (Lipinski definition) is 3. The van der Waals surface area contributed by atoms with E-state index >= 15 is 0 Å². The first kappa shape index (κ1) is 12.1. The molecule has 1 aromatic rings. The van der Waals surface area contributed by atoms with Crippen LogP contribution in [0.4, 0.5) is 5.69 Å². The van der Waals surface area contributed by atoms with Gasteiger partial charge < -0.3 is 14.8 Å². The minimum absolute atomic E-state index is 0.175. The van der Waals surface area contributed by atoms with Crippen molar-refractivity contribution in [2.75, 3.05) is 18.5 Å². The van der Waals surface area contributed by atoms with Crippen LogP contribution in [0.2, 0.25) is 0 Å². The normalized spacial score (nSPS) is 30.3. The molecule has 0 aromatic heterocycles. The van der Waals surface area contributed by atoms with Gasteiger partial charge in [-0.2, -0.15) is 0 Å². The predicted molar refractivity (Wildman–Crippen MR) is 75.0 cm³/mol. The number of anilines is 1. The van der Waals surface area contributed by atoms with Gasteiger partial charge in [0, 0.05) is 17.7 Å². The van der Waals surface area contributed by atoms with Gasteiger partial charge >= 0.3 is 0 Å². The molecule has 4 heteroatoms. The van der Waals surface area contributed by atoms with E-state index in [4.69, 9.17) is 9.47 Å². The minimum Gasteiger partial charge on any atom is -0.486 e. The first-order valence-corrected chi connectivity index (χ1v) is 7.50. The summed E-state index contributed by atoms with van der Waals surface area (Å²) in [6, 6.07) is 5.61. The van der Waals surface area contributed by atoms with Crippen LogP contribution in [0, 0.1) is 17.8 Å². The van der Waals surface area contributed by atoms with E-state index in [0.717, 1.165) is 29.5 Å². The van der Waals surface area contributed by atoms with Gasteiger partial charge in [0.05, 0.1) is 0 Å². The molecular formula is C16H19NO3. The zero-order valence-electron chi connectivity index (χ0n) is 11.4. The van der Waals surface area contributed by atoms with E-state index in [9.17, 15) is 4.79 Å². The van der Waals surface area contributed by atoms with Crippen LogP contribution in [0.15, 0.2) is 18.2 Å². The van der Waals surface area contributed by atoms with Gasteiger partial charge in [-0.05, 0) is 43.2 Å². The highest BCUT2D eigenvalue weighted by Gasteiger charge is 2.43. The maximum absolute atomic E-state index is 12.4. The fourth-order valence-corrected chi connectivity index (χ4v) is 3.92. The van der Waals surface area contributed by atoms with Gasteiger partial charge in [-0.1, -0.05) is 6.42 Å². The van der Waals surface area contributed by atoms with Crippen molar-refractivity contribution in [3.05, 3.63) is 18.2 Å². The number of nitrogens with one attached hydrogen (secondary N) is 1. The van der Waals surface area contributed by atoms with E-state index < -0.39 is 0 Å². The van der Waals surface area contributed by atoms with Crippen LogP contribution < -0.4 is 14.8 Å². The van der Waals surface area contributed by atoms with Crippen LogP contribution in [0.3, 0.4) is 0 Å². The van der Waals surface area contributed by atoms with Gasteiger partial charge in [0.15, 0.2) is 11.5 Å². The molecule has 4 nitrogen and oxygen atoms in total. The average Bonchev–Trinajstić information content (AvgIpc) is 3.10. The van der Waals surface area contributed by atoms with Crippen molar-refractivity contribution >= 4 is 11.6 Å². The topological polar surface area (TPSA) is 47.6 Å². The molecule has 0 unspecified atom stereocenters. The Bertz CT molecular complexity index is 543. The first-order valence-electron chi connectivity index (χ1n) is 7.50. The van der Waals surface area contributed by atoms with Crippen LogP contribution in [0.5, 0.6) is 11.5 Å². The van der Waals surface area contributed by atoms with Crippen LogP contribution in [-0.2, 0) is 4.79 Å². The summed E-state index contributed by atoms with van der Waals surface area (Å²) < 4.78 is 11.0. The van der Waals surface area contributed by atoms with Crippen molar-refractivity contribution in [2.45, 2.75) is 25.7 Å². The summed E-state index contributed by atoms with van der Waals surface area (Å²) in [4.78, 5) is 12.4. The molecule has 2 bridgehead atoms. The second-order valence-corrected chi connectivity index (χ2v) is 6.13. The number of ether oxygens (including phenoxy) is 2. The second-order valence-electron chi connectivity index (χ2n) is 6.13. The summed E-state index contributed by atoms with van der Waals surface area (Å²) >= 11 is 0. The molecule has 1 aliphatic heterocycles. The molecule has 20 heavy (non-hydrogen) atoms. The Morgan fingerprint density at radius 2 is 1.95 bits per heavy atom. The van der Waals surface area contributed by atoms with Crippen molar-refractivity contribution in [1.82, 2.24) is 0 Å². The predicted octanol–water partition coefficient (Wildman–Crippen LogP) is 2.83. The number of fused-ring (bicyclic) bond motifs is 3. The summed E-state index contributed by atoms with van der Waals surface area (Å²) in [5.41, 5.74) is 0.807. The lowest BCUT2D eigenvalue weighted by atomic mass is 9.88. The largest absolute Gasteiger partial charge is 0.486 e. The summed E-state index contributed by atoms with van der Waals surface area (Å²) in [5, 5.41) is 3.04. The number of carbonyl (C=O) groups is 1. The Hall–Kier alpha value is -1.71. The number of rotatable bonds is 2. The lowest BCUT2D eigenvalue weighted by Crippen LogP contribution is -2.27. The van der Waals surface area contributed by atoms with E-state index in [1.165, 1.54) is 19.3 Å². The first-order chi connectivity index (χ1) is 9.79. The van der Waals surface area contributed by atoms with E-state index in [-0.39, 0.29) is 11.8 Å². The van der Waals surface area contributed by atoms with Gasteiger partial charge in [-0.25, -0.2) is 0 Å². The molecular weight excluding hydrogens is 254 g/mol. The molecule has 1 N–H and O–H groups in total. The van der Waals surface area contributed by atoms with E-state index in [2.05, 4.69) is 5.32 Å². The van der Waals surface area contributed by atoms with Gasteiger partial charge in [0.2, 0.25) is 5.91 Å². The molecule has 1 heterocycles. The number of hydrogen-bond donors (Lipinski definition) is 1. The quantitative estimate of drug-likeness (QED) is 0.901. The number of amides is 1. The highest BCUT2D eigenvalue weighted by molar-refractivity contribution is 5.93. The third-order valence-corrected chi connectivity index (χ3v) is 4.88. The number of carbonyl (C=O) groups excluding carboxylic acids is 1. The maximum atomic E-state index is 12.4. The van der Waals surface area contributed by atoms with Crippen LogP contribution in [-0.4, -0.2) is 19.1 Å². The van der Waals surface area contributed by atoms with Crippen LogP contribution >= 0.6 is 0 Å². The van der Waals surface area contributed by atoms with Crippen LogP contribution in [0.25, 0.3) is 0 Å². The minimum atomic E-state index is 0.175. The van der Waals surface area contributed by atoms with Crippen molar-refractivity contribution in [1.29, 1.82) is 0 Å². The second kappa shape index (κ2) is 4.69. The SMILES string of the molecule is O=C(Nc1ccc2c(c1)OCCO2)[C@H]1C[C@H]2CC[C@H]1C2. The molecule has 2 aliphatic carbocycles. The van der Waals surface area contributed by atoms with E-state index in [0.29, 0.717) is 19.1 Å². The molecule has 2 fully saturated rings. The highest BCUT2D eigenvalue weighted by Crippen LogP contribution is 2.48. The highest BCUT2D eigenvalue weighted by atomic mass is 16.6. The van der Waals surface area contributed by atoms with Crippen molar-refractivity contribution in [3.63, 3.8) is 0 Å². The van der Waals surface area contributed by atoms with Crippen molar-refractivity contribution < 1.29 is 14.3 Å². The average molecular weight is 273 g/mol. The smallest absolute Gasteiger partial charge is 0.227 e. The molecule has 4 rings (SSSR count). The Labute approximate surface area is 118 Å². The van der Waals surface area contributed by atoms with Crippen LogP contribution in [0.1, 0.15) is 25.7 Å². The summed E-state index contributed by atoms with van der Waals surface area (Å²) in [5.74, 6) is 3.26.